The molecule has 0 aliphatic carbocycles. The highest BCUT2D eigenvalue weighted by Crippen LogP contribution is 2.15. The third-order valence-electron chi connectivity index (χ3n) is 4.25. The summed E-state index contributed by atoms with van der Waals surface area (Å²) in [6.45, 7) is 6.99. The Labute approximate surface area is 181 Å². The molecule has 0 amide bonds. The molecule has 0 aliphatic heterocycles. The molecular formula is C24H38N2O4. The van der Waals surface area contributed by atoms with Gasteiger partial charge in [-0.25, -0.2) is 9.68 Å². The quantitative estimate of drug-likeness (QED) is 0.442. The van der Waals surface area contributed by atoms with Crippen LogP contribution >= 0.6 is 0 Å². The Kier molecular flexibility index (Phi) is 15.3. The summed E-state index contributed by atoms with van der Waals surface area (Å²) in [5.41, 5.74) is 2.08. The van der Waals surface area contributed by atoms with Gasteiger partial charge < -0.3 is 15.1 Å². The fourth-order valence-electron chi connectivity index (χ4n) is 2.69. The molecule has 0 saturated carbocycles. The van der Waals surface area contributed by atoms with Crippen molar-refractivity contribution in [1.29, 1.82) is 0 Å². The van der Waals surface area contributed by atoms with Crippen LogP contribution in [0.25, 0.3) is 0 Å². The van der Waals surface area contributed by atoms with Crippen molar-refractivity contribution in [2.24, 2.45) is 0 Å². The van der Waals surface area contributed by atoms with Crippen LogP contribution in [-0.4, -0.2) is 49.7 Å². The Hall–Kier alpha value is -2.12. The maximum absolute atomic E-state index is 8.63. The fourth-order valence-corrected chi connectivity index (χ4v) is 2.69. The monoisotopic (exact) mass is 418 g/mol. The Balaban J connectivity index is 0.000000300. The number of unbranched alkanes of at least 4 members (excludes halogenated alkanes) is 2. The summed E-state index contributed by atoms with van der Waals surface area (Å²) in [4.78, 5) is 12.8. The Morgan fingerprint density at radius 2 is 1.10 bits per heavy atom. The number of para-hydroxylation sites is 2. The van der Waals surface area contributed by atoms with E-state index in [4.69, 9.17) is 19.9 Å². The van der Waals surface area contributed by atoms with Gasteiger partial charge in [-0.2, -0.15) is 0 Å². The van der Waals surface area contributed by atoms with Crippen LogP contribution in [0.5, 0.6) is 0 Å². The molecule has 0 unspecified atom stereocenters. The van der Waals surface area contributed by atoms with E-state index >= 15 is 0 Å². The predicted octanol–water partition coefficient (Wildman–Crippen LogP) is 4.43. The average molecular weight is 419 g/mol. The standard InChI is InChI=1S/C14H23N.C10H15NO4/c1-3-5-12-15(13-6-4-2)14-10-8-7-9-11-14;12-6-8-14-11(15-9-7-13)10-4-2-1-3-5-10/h7-11H,3-6,12-13H2,1-2H3;1-5,12-13H,6-9H2. The predicted molar refractivity (Wildman–Crippen MR) is 123 cm³/mol. The molecule has 0 fully saturated rings. The summed E-state index contributed by atoms with van der Waals surface area (Å²) in [6, 6.07) is 19.9. The van der Waals surface area contributed by atoms with Crippen LogP contribution in [-0.2, 0) is 9.68 Å². The smallest absolute Gasteiger partial charge is 0.101 e. The van der Waals surface area contributed by atoms with E-state index in [1.54, 1.807) is 12.1 Å². The topological polar surface area (TPSA) is 65.4 Å². The Morgan fingerprint density at radius 1 is 0.667 bits per heavy atom. The van der Waals surface area contributed by atoms with E-state index in [0.717, 1.165) is 0 Å². The molecule has 2 aromatic rings. The molecule has 0 aliphatic rings. The van der Waals surface area contributed by atoms with E-state index in [1.165, 1.54) is 49.7 Å². The number of nitrogens with zero attached hydrogens (tertiary/aromatic N) is 2. The fraction of sp³-hybridized carbons (Fsp3) is 0.500. The van der Waals surface area contributed by atoms with E-state index in [1.807, 2.05) is 18.2 Å². The average Bonchev–Trinajstić information content (AvgIpc) is 2.81. The summed E-state index contributed by atoms with van der Waals surface area (Å²) in [5, 5.41) is 18.4. The second-order valence-electron chi connectivity index (χ2n) is 6.74. The maximum atomic E-state index is 8.63. The molecule has 6 nitrogen and oxygen atoms in total. The lowest BCUT2D eigenvalue weighted by Gasteiger charge is -2.24. The van der Waals surface area contributed by atoms with Crippen molar-refractivity contribution < 1.29 is 19.9 Å². The molecule has 2 aromatic carbocycles. The zero-order chi connectivity index (χ0) is 21.9. The van der Waals surface area contributed by atoms with Crippen molar-refractivity contribution in [1.82, 2.24) is 0 Å². The number of aliphatic hydroxyl groups is 2. The van der Waals surface area contributed by atoms with Crippen molar-refractivity contribution in [3.63, 3.8) is 0 Å². The molecule has 2 rings (SSSR count). The zero-order valence-corrected chi connectivity index (χ0v) is 18.4. The molecule has 168 valence electrons. The van der Waals surface area contributed by atoms with Crippen LogP contribution in [0, 0.1) is 0 Å². The lowest BCUT2D eigenvalue weighted by atomic mass is 10.2. The number of anilines is 2. The van der Waals surface area contributed by atoms with Crippen molar-refractivity contribution in [3.8, 4) is 0 Å². The van der Waals surface area contributed by atoms with Crippen LogP contribution in [0.4, 0.5) is 11.4 Å². The molecule has 0 bridgehead atoms. The van der Waals surface area contributed by atoms with Gasteiger partial charge in [0.1, 0.15) is 13.2 Å². The number of hydrogen-bond acceptors (Lipinski definition) is 6. The van der Waals surface area contributed by atoms with Gasteiger partial charge in [0.2, 0.25) is 0 Å². The molecule has 2 N–H and O–H groups in total. The Morgan fingerprint density at radius 3 is 1.50 bits per heavy atom. The second-order valence-corrected chi connectivity index (χ2v) is 6.74. The summed E-state index contributed by atoms with van der Waals surface area (Å²) in [5.74, 6) is 0. The van der Waals surface area contributed by atoms with Crippen LogP contribution in [0.3, 0.4) is 0 Å². The first-order valence-electron chi connectivity index (χ1n) is 10.9. The minimum Gasteiger partial charge on any atom is -0.394 e. The molecular weight excluding hydrogens is 380 g/mol. The van der Waals surface area contributed by atoms with E-state index < -0.39 is 0 Å². The van der Waals surface area contributed by atoms with Crippen molar-refractivity contribution >= 4 is 11.4 Å². The Bertz CT molecular complexity index is 542. The lowest BCUT2D eigenvalue weighted by Crippen LogP contribution is -2.26. The first-order chi connectivity index (χ1) is 14.8. The summed E-state index contributed by atoms with van der Waals surface area (Å²) < 4.78 is 0. The largest absolute Gasteiger partial charge is 0.394 e. The molecule has 0 saturated heterocycles. The third-order valence-corrected chi connectivity index (χ3v) is 4.25. The van der Waals surface area contributed by atoms with E-state index in [-0.39, 0.29) is 26.4 Å². The lowest BCUT2D eigenvalue weighted by molar-refractivity contribution is -0.103. The summed E-state index contributed by atoms with van der Waals surface area (Å²) in [6.07, 6.45) is 5.13. The maximum Gasteiger partial charge on any atom is 0.101 e. The van der Waals surface area contributed by atoms with Crippen LogP contribution in [0.2, 0.25) is 0 Å². The number of aliphatic hydroxyl groups excluding tert-OH is 2. The normalized spacial score (nSPS) is 10.3. The number of rotatable bonds is 14. The number of hydrogen-bond donors (Lipinski definition) is 2. The van der Waals surface area contributed by atoms with Crippen LogP contribution in [0.1, 0.15) is 39.5 Å². The first-order valence-corrected chi connectivity index (χ1v) is 10.9. The van der Waals surface area contributed by atoms with Gasteiger partial charge in [0, 0.05) is 18.8 Å². The number of benzene rings is 2. The molecule has 30 heavy (non-hydrogen) atoms. The molecule has 0 atom stereocenters. The van der Waals surface area contributed by atoms with Gasteiger partial charge in [0.15, 0.2) is 0 Å². The molecule has 6 heteroatoms. The van der Waals surface area contributed by atoms with Crippen LogP contribution < -0.4 is 10.1 Å². The van der Waals surface area contributed by atoms with E-state index in [9.17, 15) is 0 Å². The molecule has 0 aromatic heterocycles. The first kappa shape index (κ1) is 25.9. The van der Waals surface area contributed by atoms with Gasteiger partial charge in [-0.1, -0.05) is 63.1 Å². The van der Waals surface area contributed by atoms with E-state index in [0.29, 0.717) is 5.69 Å². The van der Waals surface area contributed by atoms with Gasteiger partial charge in [-0.3, -0.25) is 0 Å². The van der Waals surface area contributed by atoms with E-state index in [2.05, 4.69) is 49.1 Å². The molecule has 0 spiro atoms. The van der Waals surface area contributed by atoms with Crippen molar-refractivity contribution in [3.05, 3.63) is 60.7 Å². The van der Waals surface area contributed by atoms with Gasteiger partial charge in [-0.05, 0) is 37.1 Å². The summed E-state index contributed by atoms with van der Waals surface area (Å²) in [7, 11) is 0. The highest BCUT2D eigenvalue weighted by atomic mass is 16.9. The third kappa shape index (κ3) is 11.2. The van der Waals surface area contributed by atoms with Crippen molar-refractivity contribution in [2.45, 2.75) is 39.5 Å². The SMILES string of the molecule is CCCCN(CCCC)c1ccccc1.OCCON(OCCO)c1ccccc1. The zero-order valence-electron chi connectivity index (χ0n) is 18.4. The highest BCUT2D eigenvalue weighted by Gasteiger charge is 2.06. The minimum absolute atomic E-state index is 0.0914. The van der Waals surface area contributed by atoms with Gasteiger partial charge >= 0.3 is 0 Å². The van der Waals surface area contributed by atoms with Gasteiger partial charge in [0.25, 0.3) is 0 Å². The van der Waals surface area contributed by atoms with Crippen molar-refractivity contribution in [2.75, 3.05) is 49.6 Å². The summed E-state index contributed by atoms with van der Waals surface area (Å²) >= 11 is 0. The van der Waals surface area contributed by atoms with Crippen LogP contribution in [0.15, 0.2) is 60.7 Å². The second kappa shape index (κ2) is 17.7. The van der Waals surface area contributed by atoms with Gasteiger partial charge in [0.05, 0.1) is 18.9 Å². The minimum atomic E-state index is -0.0914. The highest BCUT2D eigenvalue weighted by molar-refractivity contribution is 5.45. The van der Waals surface area contributed by atoms with Gasteiger partial charge in [-0.15, -0.1) is 5.23 Å². The molecule has 0 heterocycles. The molecule has 0 radical (unpaired) electrons.